The van der Waals surface area contributed by atoms with Gasteiger partial charge in [-0.2, -0.15) is 0 Å². The van der Waals surface area contributed by atoms with Crippen LogP contribution >= 0.6 is 0 Å². The molecule has 19 unspecified atom stereocenters. The largest absolute Gasteiger partial charge is 0.344 e. The molecule has 0 aromatic heterocycles. The second-order valence-corrected chi connectivity index (χ2v) is 16.9. The van der Waals surface area contributed by atoms with Crippen LogP contribution in [0.1, 0.15) is 83.5 Å². The van der Waals surface area contributed by atoms with Gasteiger partial charge in [-0.1, -0.05) is 38.5 Å². The number of rotatable bonds is 3. The zero-order chi connectivity index (χ0) is 33.6. The van der Waals surface area contributed by atoms with Gasteiger partial charge in [-0.05, 0) is 74.0 Å². The van der Waals surface area contributed by atoms with Gasteiger partial charge in [-0.25, -0.2) is 0 Å². The zero-order valence-electron chi connectivity index (χ0n) is 28.0. The fourth-order valence-electron chi connectivity index (χ4n) is 12.8. The molecule has 5 saturated heterocycles. The van der Waals surface area contributed by atoms with Crippen LogP contribution in [-0.2, 0) is 0 Å². The molecule has 0 aromatic rings. The van der Waals surface area contributed by atoms with E-state index in [1.807, 2.05) is 0 Å². The predicted octanol–water partition coefficient (Wildman–Crippen LogP) is 0.371. The summed E-state index contributed by atoms with van der Waals surface area (Å²) in [6, 6.07) is -5.23. The van der Waals surface area contributed by atoms with Crippen molar-refractivity contribution in [2.75, 3.05) is 0 Å². The number of nitrogens with zero attached hydrogens (tertiary/aromatic N) is 3. The van der Waals surface area contributed by atoms with E-state index >= 15 is 0 Å². The third-order valence-corrected chi connectivity index (χ3v) is 14.8. The molecule has 5 aliphatic heterocycles. The SMILES string of the molecule is O=[N+]([O-])C1CC2C3NC4NC(NC5NC(NC6NC(NC(N3)C2C([N+](=O)[O-])C1[N+](=O)[O-])C1CCCCC61)C1CCCCC51)C1CCCCC41. The molecule has 272 valence electrons. The number of nitrogens with one attached hydrogen (secondary N) is 8. The lowest BCUT2D eigenvalue weighted by atomic mass is 9.70. The van der Waals surface area contributed by atoms with Crippen LogP contribution < -0.4 is 42.5 Å². The average molecular weight is 688 g/mol. The smallest absolute Gasteiger partial charge is 0.286 e. The van der Waals surface area contributed by atoms with Gasteiger partial charge < -0.3 is 0 Å². The molecule has 17 nitrogen and oxygen atoms in total. The fourth-order valence-corrected chi connectivity index (χ4v) is 12.8. The predicted molar refractivity (Wildman–Crippen MR) is 176 cm³/mol. The Morgan fingerprint density at radius 2 is 0.653 bits per heavy atom. The Hall–Kier alpha value is -2.12. The van der Waals surface area contributed by atoms with Crippen molar-refractivity contribution in [1.82, 2.24) is 42.5 Å². The molecule has 19 atom stereocenters. The highest BCUT2D eigenvalue weighted by Crippen LogP contribution is 2.46. The summed E-state index contributed by atoms with van der Waals surface area (Å²) >= 11 is 0. The molecule has 0 aromatic carbocycles. The van der Waals surface area contributed by atoms with E-state index in [-0.39, 0.29) is 43.4 Å². The van der Waals surface area contributed by atoms with E-state index in [2.05, 4.69) is 42.5 Å². The van der Waals surface area contributed by atoms with Gasteiger partial charge >= 0.3 is 6.04 Å². The van der Waals surface area contributed by atoms with Crippen molar-refractivity contribution in [3.8, 4) is 0 Å². The lowest BCUT2D eigenvalue weighted by Gasteiger charge is -2.37. The third-order valence-electron chi connectivity index (χ3n) is 14.8. The number of fused-ring (bicyclic) bond motifs is 20. The molecule has 0 radical (unpaired) electrons. The molecule has 17 heteroatoms. The maximum Gasteiger partial charge on any atom is 0.344 e. The minimum atomic E-state index is -1.90. The van der Waals surface area contributed by atoms with Crippen molar-refractivity contribution in [1.29, 1.82) is 0 Å². The Morgan fingerprint density at radius 1 is 0.367 bits per heavy atom. The maximum absolute atomic E-state index is 12.8. The molecule has 9 aliphatic rings. The molecule has 5 heterocycles. The first-order chi connectivity index (χ1) is 23.8. The van der Waals surface area contributed by atoms with E-state index in [1.54, 1.807) is 0 Å². The van der Waals surface area contributed by atoms with Crippen molar-refractivity contribution in [3.05, 3.63) is 30.3 Å². The van der Waals surface area contributed by atoms with Crippen molar-refractivity contribution < 1.29 is 14.8 Å². The van der Waals surface area contributed by atoms with E-state index in [4.69, 9.17) is 0 Å². The van der Waals surface area contributed by atoms with E-state index in [0.717, 1.165) is 44.9 Å². The topological polar surface area (TPSA) is 226 Å². The first kappa shape index (κ1) is 32.8. The Morgan fingerprint density at radius 3 is 0.939 bits per heavy atom. The van der Waals surface area contributed by atoms with Gasteiger partial charge in [0.1, 0.15) is 0 Å². The first-order valence-electron chi connectivity index (χ1n) is 19.3. The van der Waals surface area contributed by atoms with Crippen molar-refractivity contribution in [2.45, 2.75) is 151 Å². The molecule has 8 N–H and O–H groups in total. The molecular formula is C32H53N11O6. The summed E-state index contributed by atoms with van der Waals surface area (Å²) in [4.78, 5) is 35.5. The van der Waals surface area contributed by atoms with Gasteiger partial charge in [-0.15, -0.1) is 0 Å². The average Bonchev–Trinajstić information content (AvgIpc) is 3.83. The van der Waals surface area contributed by atoms with Crippen LogP contribution in [0.15, 0.2) is 0 Å². The van der Waals surface area contributed by atoms with Crippen LogP contribution in [0, 0.1) is 77.7 Å². The van der Waals surface area contributed by atoms with Crippen LogP contribution in [-0.4, -0.2) is 82.2 Å². The number of hydrogen-bond donors (Lipinski definition) is 8. The zero-order valence-corrected chi connectivity index (χ0v) is 28.0. The molecule has 8 bridgehead atoms. The lowest BCUT2D eigenvalue weighted by Crippen LogP contribution is -2.64. The van der Waals surface area contributed by atoms with Crippen LogP contribution in [0.4, 0.5) is 0 Å². The van der Waals surface area contributed by atoms with E-state index in [9.17, 15) is 30.3 Å². The molecule has 4 aliphatic carbocycles. The van der Waals surface area contributed by atoms with Crippen LogP contribution in [0.25, 0.3) is 0 Å². The molecule has 9 fully saturated rings. The lowest BCUT2D eigenvalue weighted by molar-refractivity contribution is -0.679. The minimum absolute atomic E-state index is 0.0559. The molecule has 49 heavy (non-hydrogen) atoms. The summed E-state index contributed by atoms with van der Waals surface area (Å²) in [6.07, 6.45) is 12.8. The number of hydrogen-bond acceptors (Lipinski definition) is 14. The van der Waals surface area contributed by atoms with Gasteiger partial charge in [0.15, 0.2) is 0 Å². The van der Waals surface area contributed by atoms with Gasteiger partial charge in [0.2, 0.25) is 0 Å². The fraction of sp³-hybridized carbons (Fsp3) is 1.00. The Balaban J connectivity index is 1.10. The highest BCUT2D eigenvalue weighted by molar-refractivity contribution is 5.11. The van der Waals surface area contributed by atoms with Gasteiger partial charge in [0, 0.05) is 27.1 Å². The summed E-state index contributed by atoms with van der Waals surface area (Å²) in [7, 11) is 0. The molecular weight excluding hydrogens is 634 g/mol. The van der Waals surface area contributed by atoms with E-state index in [1.165, 1.54) is 32.1 Å². The standard InChI is InChI=1S/C32H53N11O6/c44-41(45)21-13-20-22(24(43(48)49)23(21)42(46)47)32-39-30-19-12-6-5-11-18(19)28(37-30)35-26-15-8-2-1-7-14(15)25(33-26)34-27-16-9-3-4-10-17(16)29(36-27)38-31(20)40-32/h14-40H,1-13H2. The molecule has 9 rings (SSSR count). The van der Waals surface area contributed by atoms with Gasteiger partial charge in [0.25, 0.3) is 12.1 Å². The van der Waals surface area contributed by atoms with Crippen molar-refractivity contribution in [2.24, 2.45) is 47.3 Å². The minimum Gasteiger partial charge on any atom is -0.286 e. The van der Waals surface area contributed by atoms with Gasteiger partial charge in [0.05, 0.1) is 55.2 Å². The summed E-state index contributed by atoms with van der Waals surface area (Å²) in [6.45, 7) is 0. The quantitative estimate of drug-likeness (QED) is 0.148. The summed E-state index contributed by atoms with van der Waals surface area (Å²) in [5.74, 6) is 1.16. The highest BCUT2D eigenvalue weighted by Gasteiger charge is 2.69. The Bertz CT molecular complexity index is 1310. The second kappa shape index (κ2) is 12.8. The third kappa shape index (κ3) is 5.49. The number of nitro groups is 3. The summed E-state index contributed by atoms with van der Waals surface area (Å²) in [5.41, 5.74) is 0. The van der Waals surface area contributed by atoms with Crippen LogP contribution in [0.3, 0.4) is 0 Å². The Kier molecular flexibility index (Phi) is 8.58. The molecule has 0 amide bonds. The maximum atomic E-state index is 12.8. The highest BCUT2D eigenvalue weighted by atomic mass is 16.7. The Labute approximate surface area is 285 Å². The van der Waals surface area contributed by atoms with E-state index in [0.29, 0.717) is 35.5 Å². The van der Waals surface area contributed by atoms with Crippen molar-refractivity contribution in [3.63, 3.8) is 0 Å². The molecule has 4 saturated carbocycles. The summed E-state index contributed by atoms with van der Waals surface area (Å²) in [5, 5.41) is 68.6. The normalized spacial score (nSPS) is 53.5. The van der Waals surface area contributed by atoms with Crippen molar-refractivity contribution >= 4 is 0 Å². The van der Waals surface area contributed by atoms with Crippen LogP contribution in [0.5, 0.6) is 0 Å². The van der Waals surface area contributed by atoms with Crippen LogP contribution in [0.2, 0.25) is 0 Å². The monoisotopic (exact) mass is 687 g/mol. The second-order valence-electron chi connectivity index (χ2n) is 16.9. The summed E-state index contributed by atoms with van der Waals surface area (Å²) < 4.78 is 0. The first-order valence-corrected chi connectivity index (χ1v) is 19.3. The molecule has 0 spiro atoms. The van der Waals surface area contributed by atoms with Gasteiger partial charge in [-0.3, -0.25) is 72.9 Å². The van der Waals surface area contributed by atoms with E-state index < -0.39 is 57.1 Å².